The number of benzene rings is 3. The van der Waals surface area contributed by atoms with Gasteiger partial charge in [0.2, 0.25) is 17.8 Å². The van der Waals surface area contributed by atoms with E-state index >= 15 is 0 Å². The van der Waals surface area contributed by atoms with Crippen molar-refractivity contribution in [2.75, 3.05) is 21.3 Å². The molecule has 5 rings (SSSR count). The second-order valence-corrected chi connectivity index (χ2v) is 9.67. The fourth-order valence-corrected chi connectivity index (χ4v) is 4.17. The van der Waals surface area contributed by atoms with E-state index in [1.165, 1.54) is 12.3 Å². The van der Waals surface area contributed by atoms with Crippen molar-refractivity contribution in [1.29, 1.82) is 0 Å². The Morgan fingerprint density at radius 2 is 1.71 bits per heavy atom. The van der Waals surface area contributed by atoms with E-state index in [1.807, 2.05) is 80.6 Å². The Balaban J connectivity index is 1.33. The van der Waals surface area contributed by atoms with Crippen molar-refractivity contribution in [2.45, 2.75) is 19.3 Å². The summed E-state index contributed by atoms with van der Waals surface area (Å²) in [5.41, 5.74) is 3.90. The van der Waals surface area contributed by atoms with Crippen LogP contribution >= 0.6 is 11.6 Å². The lowest BCUT2D eigenvalue weighted by molar-refractivity contribution is -0.119. The van der Waals surface area contributed by atoms with Gasteiger partial charge < -0.3 is 21.3 Å². The quantitative estimate of drug-likeness (QED) is 0.205. The zero-order valence-corrected chi connectivity index (χ0v) is 21.5. The van der Waals surface area contributed by atoms with Gasteiger partial charge in [0.1, 0.15) is 5.02 Å². The first-order valence-corrected chi connectivity index (χ1v) is 12.3. The van der Waals surface area contributed by atoms with Crippen LogP contribution in [0.2, 0.25) is 5.02 Å². The summed E-state index contributed by atoms with van der Waals surface area (Å²) in [5.74, 6) is 0.371. The van der Waals surface area contributed by atoms with Crippen LogP contribution in [-0.2, 0) is 15.0 Å². The summed E-state index contributed by atoms with van der Waals surface area (Å²) in [7, 11) is 0. The van der Waals surface area contributed by atoms with Crippen molar-refractivity contribution >= 4 is 64.0 Å². The third-order valence-electron chi connectivity index (χ3n) is 6.17. The third kappa shape index (κ3) is 5.35. The predicted molar refractivity (Wildman–Crippen MR) is 152 cm³/mol. The van der Waals surface area contributed by atoms with Gasteiger partial charge in [-0.2, -0.15) is 4.98 Å². The first-order valence-electron chi connectivity index (χ1n) is 12.0. The van der Waals surface area contributed by atoms with Gasteiger partial charge >= 0.3 is 0 Å². The molecule has 2 amide bonds. The minimum Gasteiger partial charge on any atom is -0.337 e. The molecule has 0 saturated heterocycles. The van der Waals surface area contributed by atoms with Crippen LogP contribution < -0.4 is 21.3 Å². The molecule has 9 heteroatoms. The van der Waals surface area contributed by atoms with Crippen molar-refractivity contribution in [1.82, 2.24) is 9.97 Å². The normalized spacial score (nSPS) is 13.6. The van der Waals surface area contributed by atoms with Gasteiger partial charge in [0, 0.05) is 17.5 Å². The van der Waals surface area contributed by atoms with Gasteiger partial charge in [0.15, 0.2) is 5.82 Å². The minimum absolute atomic E-state index is 0.0415. The van der Waals surface area contributed by atoms with Crippen LogP contribution in [0.5, 0.6) is 0 Å². The number of amides is 2. The van der Waals surface area contributed by atoms with Crippen molar-refractivity contribution in [3.63, 3.8) is 0 Å². The standard InChI is InChI=1S/C29H25ClN6O2/c1-29(2)20-16-19(13-14-22(20)35-27(29)38)32-28-31-17-21(30)26(36-28)34-24-11-7-6-10-23(24)33-25(37)15-12-18-8-4-3-5-9-18/h3-17H,1-2H3,(H,33,37)(H,35,38)(H2,31,32,34,36). The van der Waals surface area contributed by atoms with Crippen LogP contribution in [0.3, 0.4) is 0 Å². The van der Waals surface area contributed by atoms with E-state index in [9.17, 15) is 9.59 Å². The SMILES string of the molecule is CC1(C)C(=O)Nc2ccc(Nc3ncc(Cl)c(Nc4ccccc4NC(=O)C=Cc4ccccc4)n3)cc21. The Morgan fingerprint density at radius 3 is 2.50 bits per heavy atom. The molecule has 0 unspecified atom stereocenters. The number of aromatic nitrogens is 2. The summed E-state index contributed by atoms with van der Waals surface area (Å²) in [4.78, 5) is 33.6. The lowest BCUT2D eigenvalue weighted by Crippen LogP contribution is -2.26. The summed E-state index contributed by atoms with van der Waals surface area (Å²) < 4.78 is 0. The number of rotatable bonds is 7. The van der Waals surface area contributed by atoms with Gasteiger partial charge in [0.05, 0.1) is 23.0 Å². The maximum Gasteiger partial charge on any atom is 0.248 e. The van der Waals surface area contributed by atoms with E-state index in [-0.39, 0.29) is 11.8 Å². The van der Waals surface area contributed by atoms with Gasteiger partial charge in [-0.15, -0.1) is 0 Å². The molecule has 0 fully saturated rings. The Morgan fingerprint density at radius 1 is 0.974 bits per heavy atom. The molecule has 38 heavy (non-hydrogen) atoms. The smallest absolute Gasteiger partial charge is 0.248 e. The van der Waals surface area contributed by atoms with Crippen LogP contribution in [-0.4, -0.2) is 21.8 Å². The predicted octanol–water partition coefficient (Wildman–Crippen LogP) is 6.50. The number of carbonyl (C=O) groups excluding carboxylic acids is 2. The van der Waals surface area contributed by atoms with Gasteiger partial charge in [-0.1, -0.05) is 54.1 Å². The molecular formula is C29H25ClN6O2. The number of hydrogen-bond acceptors (Lipinski definition) is 6. The molecule has 8 nitrogen and oxygen atoms in total. The first-order chi connectivity index (χ1) is 18.3. The van der Waals surface area contributed by atoms with Crippen LogP contribution in [0.15, 0.2) is 85.1 Å². The molecule has 0 aliphatic carbocycles. The minimum atomic E-state index is -0.634. The van der Waals surface area contributed by atoms with Crippen LogP contribution in [0.1, 0.15) is 25.0 Å². The Bertz CT molecular complexity index is 1550. The highest BCUT2D eigenvalue weighted by atomic mass is 35.5. The maximum absolute atomic E-state index is 12.5. The molecule has 0 atom stereocenters. The second-order valence-electron chi connectivity index (χ2n) is 9.26. The zero-order chi connectivity index (χ0) is 26.7. The molecule has 4 N–H and O–H groups in total. The summed E-state index contributed by atoms with van der Waals surface area (Å²) in [6, 6.07) is 22.5. The highest BCUT2D eigenvalue weighted by Gasteiger charge is 2.38. The van der Waals surface area contributed by atoms with Crippen molar-refractivity contribution < 1.29 is 9.59 Å². The Hall–Kier alpha value is -4.69. The molecule has 2 heterocycles. The Labute approximate surface area is 225 Å². The largest absolute Gasteiger partial charge is 0.337 e. The molecule has 1 aliphatic rings. The first kappa shape index (κ1) is 25.0. The van der Waals surface area contributed by atoms with E-state index in [0.29, 0.717) is 28.2 Å². The average Bonchev–Trinajstić information content (AvgIpc) is 3.14. The maximum atomic E-state index is 12.5. The lowest BCUT2D eigenvalue weighted by Gasteiger charge is -2.16. The van der Waals surface area contributed by atoms with E-state index in [1.54, 1.807) is 12.1 Å². The summed E-state index contributed by atoms with van der Waals surface area (Å²) in [5, 5.41) is 12.5. The van der Waals surface area contributed by atoms with Gasteiger partial charge in [-0.05, 0) is 61.4 Å². The second kappa shape index (κ2) is 10.4. The lowest BCUT2D eigenvalue weighted by atomic mass is 9.86. The van der Waals surface area contributed by atoms with E-state index in [2.05, 4.69) is 31.2 Å². The summed E-state index contributed by atoms with van der Waals surface area (Å²) in [6.07, 6.45) is 4.72. The van der Waals surface area contributed by atoms with E-state index in [0.717, 1.165) is 22.5 Å². The monoisotopic (exact) mass is 524 g/mol. The van der Waals surface area contributed by atoms with Crippen molar-refractivity contribution in [3.8, 4) is 0 Å². The van der Waals surface area contributed by atoms with Gasteiger partial charge in [-0.25, -0.2) is 4.98 Å². The van der Waals surface area contributed by atoms with Gasteiger partial charge in [0.25, 0.3) is 0 Å². The molecule has 0 bridgehead atoms. The molecule has 3 aromatic carbocycles. The molecular weight excluding hydrogens is 500 g/mol. The molecule has 0 radical (unpaired) electrons. The number of anilines is 6. The van der Waals surface area contributed by atoms with Crippen molar-refractivity contribution in [3.05, 3.63) is 101 Å². The number of nitrogens with one attached hydrogen (secondary N) is 4. The zero-order valence-electron chi connectivity index (χ0n) is 20.7. The van der Waals surface area contributed by atoms with Gasteiger partial charge in [-0.3, -0.25) is 9.59 Å². The average molecular weight is 525 g/mol. The number of fused-ring (bicyclic) bond motifs is 1. The Kier molecular flexibility index (Phi) is 6.81. The molecule has 190 valence electrons. The summed E-state index contributed by atoms with van der Waals surface area (Å²) in [6.45, 7) is 3.76. The number of para-hydroxylation sites is 2. The number of hydrogen-bond donors (Lipinski definition) is 4. The summed E-state index contributed by atoms with van der Waals surface area (Å²) >= 11 is 6.40. The molecule has 0 saturated carbocycles. The third-order valence-corrected chi connectivity index (χ3v) is 6.45. The molecule has 1 aliphatic heterocycles. The highest BCUT2D eigenvalue weighted by molar-refractivity contribution is 6.33. The number of nitrogens with zero attached hydrogens (tertiary/aromatic N) is 2. The van der Waals surface area contributed by atoms with Crippen LogP contribution in [0.25, 0.3) is 6.08 Å². The van der Waals surface area contributed by atoms with E-state index in [4.69, 9.17) is 11.6 Å². The van der Waals surface area contributed by atoms with Crippen molar-refractivity contribution in [2.24, 2.45) is 0 Å². The molecule has 0 spiro atoms. The molecule has 4 aromatic rings. The fraction of sp³-hybridized carbons (Fsp3) is 0.103. The topological polar surface area (TPSA) is 108 Å². The molecule has 1 aromatic heterocycles. The number of halogens is 1. The highest BCUT2D eigenvalue weighted by Crippen LogP contribution is 2.39. The fourth-order valence-electron chi connectivity index (χ4n) is 4.03. The number of carbonyl (C=O) groups is 2. The van der Waals surface area contributed by atoms with E-state index < -0.39 is 5.41 Å². The van der Waals surface area contributed by atoms with Crippen LogP contribution in [0, 0.1) is 0 Å². The van der Waals surface area contributed by atoms with Crippen LogP contribution in [0.4, 0.5) is 34.5 Å².